The third kappa shape index (κ3) is 4.63. The molecule has 0 aliphatic rings. The summed E-state index contributed by atoms with van der Waals surface area (Å²) >= 11 is 0. The number of rotatable bonds is 8. The molecule has 0 bridgehead atoms. The van der Waals surface area contributed by atoms with E-state index < -0.39 is 0 Å². The summed E-state index contributed by atoms with van der Waals surface area (Å²) in [5.41, 5.74) is 0.139. The van der Waals surface area contributed by atoms with Crippen molar-refractivity contribution in [1.82, 2.24) is 14.5 Å². The van der Waals surface area contributed by atoms with E-state index in [1.807, 2.05) is 0 Å². The van der Waals surface area contributed by atoms with E-state index in [0.29, 0.717) is 18.2 Å². The SMILES string of the molecule is CCCCCCC(C)NCc1cn(C)c(=O)n(C)c1=O. The normalized spacial score (nSPS) is 12.6. The van der Waals surface area contributed by atoms with Gasteiger partial charge in [-0.15, -0.1) is 0 Å². The average molecular weight is 281 g/mol. The van der Waals surface area contributed by atoms with Crippen LogP contribution in [0.15, 0.2) is 15.8 Å². The first kappa shape index (κ1) is 16.7. The van der Waals surface area contributed by atoms with Crippen molar-refractivity contribution in [3.63, 3.8) is 0 Å². The van der Waals surface area contributed by atoms with Crippen LogP contribution in [0.2, 0.25) is 0 Å². The Bertz CT molecular complexity index is 531. The lowest BCUT2D eigenvalue weighted by atomic mass is 10.1. The predicted octanol–water partition coefficient (Wildman–Crippen LogP) is 1.53. The van der Waals surface area contributed by atoms with Crippen LogP contribution in [-0.2, 0) is 20.6 Å². The fourth-order valence-electron chi connectivity index (χ4n) is 2.27. The second-order valence-electron chi connectivity index (χ2n) is 5.54. The predicted molar refractivity (Wildman–Crippen MR) is 82.0 cm³/mol. The molecule has 114 valence electrons. The molecule has 0 radical (unpaired) electrons. The summed E-state index contributed by atoms with van der Waals surface area (Å²) < 4.78 is 2.60. The molecular weight excluding hydrogens is 254 g/mol. The molecule has 0 saturated carbocycles. The molecule has 1 rings (SSSR count). The van der Waals surface area contributed by atoms with E-state index in [4.69, 9.17) is 0 Å². The summed E-state index contributed by atoms with van der Waals surface area (Å²) in [6.45, 7) is 4.85. The van der Waals surface area contributed by atoms with Gasteiger partial charge in [0.05, 0.1) is 0 Å². The molecule has 0 saturated heterocycles. The van der Waals surface area contributed by atoms with E-state index in [2.05, 4.69) is 19.2 Å². The molecule has 1 aromatic rings. The van der Waals surface area contributed by atoms with Crippen molar-refractivity contribution in [1.29, 1.82) is 0 Å². The highest BCUT2D eigenvalue weighted by atomic mass is 16.2. The summed E-state index contributed by atoms with van der Waals surface area (Å²) in [7, 11) is 3.18. The zero-order valence-electron chi connectivity index (χ0n) is 13.1. The molecule has 0 amide bonds. The summed E-state index contributed by atoms with van der Waals surface area (Å²) in [5, 5.41) is 3.36. The Labute approximate surface area is 120 Å². The zero-order valence-corrected chi connectivity index (χ0v) is 13.1. The standard InChI is InChI=1S/C15H27N3O2/c1-5-6-7-8-9-12(2)16-10-13-11-17(3)15(20)18(4)14(13)19/h11-12,16H,5-10H2,1-4H3. The van der Waals surface area contributed by atoms with Crippen LogP contribution in [0.1, 0.15) is 51.5 Å². The minimum Gasteiger partial charge on any atom is -0.310 e. The first-order valence-corrected chi connectivity index (χ1v) is 7.46. The maximum absolute atomic E-state index is 12.0. The van der Waals surface area contributed by atoms with Crippen LogP contribution in [0.3, 0.4) is 0 Å². The highest BCUT2D eigenvalue weighted by Gasteiger charge is 2.08. The number of unbranched alkanes of at least 4 members (excludes halogenated alkanes) is 3. The van der Waals surface area contributed by atoms with Gasteiger partial charge in [-0.05, 0) is 13.3 Å². The number of aromatic nitrogens is 2. The lowest BCUT2D eigenvalue weighted by Gasteiger charge is -2.14. The van der Waals surface area contributed by atoms with Gasteiger partial charge in [-0.2, -0.15) is 0 Å². The minimum absolute atomic E-state index is 0.209. The fraction of sp³-hybridized carbons (Fsp3) is 0.733. The molecule has 20 heavy (non-hydrogen) atoms. The van der Waals surface area contributed by atoms with E-state index in [-0.39, 0.29) is 11.2 Å². The molecule has 1 aromatic heterocycles. The molecular formula is C15H27N3O2. The number of aryl methyl sites for hydroxylation is 1. The van der Waals surface area contributed by atoms with Gasteiger partial charge >= 0.3 is 5.69 Å². The zero-order chi connectivity index (χ0) is 15.1. The summed E-state index contributed by atoms with van der Waals surface area (Å²) in [6.07, 6.45) is 7.76. The van der Waals surface area contributed by atoms with Crippen molar-refractivity contribution in [2.24, 2.45) is 14.1 Å². The summed E-state index contributed by atoms with van der Waals surface area (Å²) in [6, 6.07) is 0.383. The van der Waals surface area contributed by atoms with Gasteiger partial charge in [0.2, 0.25) is 0 Å². The molecule has 1 N–H and O–H groups in total. The highest BCUT2D eigenvalue weighted by molar-refractivity contribution is 5.05. The first-order chi connectivity index (χ1) is 9.47. The van der Waals surface area contributed by atoms with Crippen molar-refractivity contribution in [2.75, 3.05) is 0 Å². The van der Waals surface area contributed by atoms with Crippen molar-refractivity contribution in [2.45, 2.75) is 58.5 Å². The van der Waals surface area contributed by atoms with Crippen LogP contribution in [0.25, 0.3) is 0 Å². The Morgan fingerprint density at radius 2 is 1.90 bits per heavy atom. The van der Waals surface area contributed by atoms with Gasteiger partial charge in [-0.1, -0.05) is 32.6 Å². The second kappa shape index (κ2) is 8.04. The maximum Gasteiger partial charge on any atom is 0.330 e. The topological polar surface area (TPSA) is 56.0 Å². The van der Waals surface area contributed by atoms with Crippen LogP contribution >= 0.6 is 0 Å². The van der Waals surface area contributed by atoms with E-state index in [1.165, 1.54) is 37.3 Å². The molecule has 5 nitrogen and oxygen atoms in total. The van der Waals surface area contributed by atoms with Crippen LogP contribution in [0, 0.1) is 0 Å². The number of nitrogens with one attached hydrogen (secondary N) is 1. The summed E-state index contributed by atoms with van der Waals surface area (Å²) in [4.78, 5) is 23.6. The summed E-state index contributed by atoms with van der Waals surface area (Å²) in [5.74, 6) is 0. The molecule has 1 atom stereocenters. The lowest BCUT2D eigenvalue weighted by molar-refractivity contribution is 0.478. The quantitative estimate of drug-likeness (QED) is 0.735. The molecule has 0 spiro atoms. The lowest BCUT2D eigenvalue weighted by Crippen LogP contribution is -2.40. The Hall–Kier alpha value is -1.36. The Morgan fingerprint density at radius 3 is 2.55 bits per heavy atom. The van der Waals surface area contributed by atoms with Crippen molar-refractivity contribution in [3.05, 3.63) is 32.6 Å². The molecule has 0 aromatic carbocycles. The molecule has 1 unspecified atom stereocenters. The average Bonchev–Trinajstić information content (AvgIpc) is 2.43. The first-order valence-electron chi connectivity index (χ1n) is 7.46. The Balaban J connectivity index is 2.54. The molecule has 5 heteroatoms. The van der Waals surface area contributed by atoms with Gasteiger partial charge in [-0.3, -0.25) is 9.36 Å². The van der Waals surface area contributed by atoms with Crippen molar-refractivity contribution >= 4 is 0 Å². The Morgan fingerprint density at radius 1 is 1.20 bits per heavy atom. The maximum atomic E-state index is 12.0. The molecule has 0 aliphatic heterocycles. The number of hydrogen-bond acceptors (Lipinski definition) is 3. The van der Waals surface area contributed by atoms with Crippen molar-refractivity contribution in [3.8, 4) is 0 Å². The van der Waals surface area contributed by atoms with E-state index in [9.17, 15) is 9.59 Å². The van der Waals surface area contributed by atoms with Crippen LogP contribution in [-0.4, -0.2) is 15.2 Å². The third-order valence-corrected chi connectivity index (χ3v) is 3.65. The highest BCUT2D eigenvalue weighted by Crippen LogP contribution is 2.05. The molecule has 0 fully saturated rings. The van der Waals surface area contributed by atoms with E-state index in [1.54, 1.807) is 13.2 Å². The monoisotopic (exact) mass is 281 g/mol. The van der Waals surface area contributed by atoms with Gasteiger partial charge in [0.25, 0.3) is 5.56 Å². The van der Waals surface area contributed by atoms with Gasteiger partial charge in [0.1, 0.15) is 0 Å². The van der Waals surface area contributed by atoms with Crippen LogP contribution < -0.4 is 16.6 Å². The van der Waals surface area contributed by atoms with Gasteiger partial charge in [-0.25, -0.2) is 4.79 Å². The largest absolute Gasteiger partial charge is 0.330 e. The van der Waals surface area contributed by atoms with Gasteiger partial charge < -0.3 is 9.88 Å². The van der Waals surface area contributed by atoms with Gasteiger partial charge in [0.15, 0.2) is 0 Å². The number of nitrogens with zero attached hydrogens (tertiary/aromatic N) is 2. The Kier molecular flexibility index (Phi) is 6.71. The smallest absolute Gasteiger partial charge is 0.310 e. The van der Waals surface area contributed by atoms with Gasteiger partial charge in [0, 0.05) is 38.4 Å². The van der Waals surface area contributed by atoms with Crippen molar-refractivity contribution < 1.29 is 0 Å². The van der Waals surface area contributed by atoms with E-state index in [0.717, 1.165) is 11.0 Å². The molecule has 0 aliphatic carbocycles. The minimum atomic E-state index is -0.286. The van der Waals surface area contributed by atoms with E-state index >= 15 is 0 Å². The number of hydrogen-bond donors (Lipinski definition) is 1. The van der Waals surface area contributed by atoms with Crippen LogP contribution in [0.4, 0.5) is 0 Å². The molecule has 1 heterocycles. The van der Waals surface area contributed by atoms with Crippen LogP contribution in [0.5, 0.6) is 0 Å². The second-order valence-corrected chi connectivity index (χ2v) is 5.54. The fourth-order valence-corrected chi connectivity index (χ4v) is 2.27. The third-order valence-electron chi connectivity index (χ3n) is 3.65.